The molecule has 0 saturated carbocycles. The van der Waals surface area contributed by atoms with E-state index in [1.165, 1.54) is 11.1 Å². The topological polar surface area (TPSA) is 0 Å². The Kier molecular flexibility index (Phi) is 4.92. The molecule has 0 unspecified atom stereocenters. The summed E-state index contributed by atoms with van der Waals surface area (Å²) in [7, 11) is -2.35. The first-order chi connectivity index (χ1) is 8.09. The Morgan fingerprint density at radius 1 is 0.647 bits per heavy atom. The van der Waals surface area contributed by atoms with E-state index >= 15 is 0 Å². The molecule has 0 atom stereocenters. The molecule has 0 radical (unpaired) electrons. The van der Waals surface area contributed by atoms with Gasteiger partial charge in [0.15, 0.2) is 0 Å². The zero-order valence-electron chi connectivity index (χ0n) is 8.98. The van der Waals surface area contributed by atoms with Gasteiger partial charge >= 0.3 is 126 Å². The van der Waals surface area contributed by atoms with Crippen molar-refractivity contribution in [3.05, 3.63) is 71.8 Å². The average Bonchev–Trinajstić information content (AvgIpc) is 2.30. The molecule has 0 aliphatic heterocycles. The molecule has 0 nitrogen and oxygen atoms in total. The minimum atomic E-state index is -2.35. The van der Waals surface area contributed by atoms with Crippen molar-refractivity contribution in [1.29, 1.82) is 0 Å². The monoisotopic (exact) mass is 478 g/mol. The van der Waals surface area contributed by atoms with Crippen molar-refractivity contribution in [3.63, 3.8) is 0 Å². The van der Waals surface area contributed by atoms with Crippen LogP contribution in [0, 0.1) is 0 Å². The Hall–Kier alpha value is 0.423. The molecule has 0 N–H and O–H groups in total. The van der Waals surface area contributed by atoms with Crippen LogP contribution in [0.4, 0.5) is 0 Å². The second-order valence-electron chi connectivity index (χ2n) is 3.80. The fraction of sp³-hybridized carbons (Fsp3) is 0.0769. The third-order valence-electron chi connectivity index (χ3n) is 2.59. The van der Waals surface area contributed by atoms with Crippen molar-refractivity contribution in [3.8, 4) is 0 Å². The average molecular weight is 480 g/mol. The quantitative estimate of drug-likeness (QED) is 0.512. The first-order valence-electron chi connectivity index (χ1n) is 5.25. The Bertz CT molecular complexity index is 426. The Morgan fingerprint density at radius 3 is 1.29 bits per heavy atom. The third-order valence-corrected chi connectivity index (χ3v) is 12.5. The van der Waals surface area contributed by atoms with Gasteiger partial charge in [-0.3, -0.25) is 0 Å². The van der Waals surface area contributed by atoms with Gasteiger partial charge in [-0.25, -0.2) is 0 Å². The molecule has 2 aromatic rings. The van der Waals surface area contributed by atoms with Crippen molar-refractivity contribution in [2.45, 2.75) is 4.75 Å². The third kappa shape index (κ3) is 3.69. The van der Waals surface area contributed by atoms with E-state index in [0.717, 1.165) is 0 Å². The zero-order chi connectivity index (χ0) is 12.3. The SMILES string of the molecule is [Br][Ge]([Br])([Br])[CH](c1ccccc1)c1ccccc1. The van der Waals surface area contributed by atoms with Gasteiger partial charge in [0.25, 0.3) is 0 Å². The molecule has 2 aromatic carbocycles. The summed E-state index contributed by atoms with van der Waals surface area (Å²) in [6.45, 7) is 0. The number of hydrogen-bond donors (Lipinski definition) is 0. The van der Waals surface area contributed by atoms with Crippen LogP contribution in [0.1, 0.15) is 15.9 Å². The van der Waals surface area contributed by atoms with Crippen molar-refractivity contribution in [2.24, 2.45) is 0 Å². The summed E-state index contributed by atoms with van der Waals surface area (Å²) in [5.41, 5.74) is 2.67. The molecule has 0 spiro atoms. The Labute approximate surface area is 125 Å². The van der Waals surface area contributed by atoms with Crippen LogP contribution in [0.25, 0.3) is 0 Å². The van der Waals surface area contributed by atoms with Crippen LogP contribution in [-0.2, 0) is 0 Å². The summed E-state index contributed by atoms with van der Waals surface area (Å²) >= 11 is 11.5. The number of rotatable bonds is 3. The molecule has 4 heteroatoms. The first kappa shape index (κ1) is 13.8. The van der Waals surface area contributed by atoms with Crippen LogP contribution in [0.15, 0.2) is 60.7 Å². The Balaban J connectivity index is 2.48. The van der Waals surface area contributed by atoms with E-state index in [1.54, 1.807) is 0 Å². The zero-order valence-corrected chi connectivity index (χ0v) is 15.8. The van der Waals surface area contributed by atoms with Gasteiger partial charge in [0.2, 0.25) is 0 Å². The molecular weight excluding hydrogens is 468 g/mol. The Morgan fingerprint density at radius 2 is 1.00 bits per heavy atom. The fourth-order valence-electron chi connectivity index (χ4n) is 1.86. The van der Waals surface area contributed by atoms with Gasteiger partial charge in [0.05, 0.1) is 0 Å². The second-order valence-corrected chi connectivity index (χ2v) is 43.4. The van der Waals surface area contributed by atoms with Gasteiger partial charge in [-0.2, -0.15) is 0 Å². The van der Waals surface area contributed by atoms with Crippen LogP contribution in [0.5, 0.6) is 0 Å². The summed E-state index contributed by atoms with van der Waals surface area (Å²) in [6.07, 6.45) is 0. The molecule has 88 valence electrons. The summed E-state index contributed by atoms with van der Waals surface area (Å²) in [6, 6.07) is 21.2. The van der Waals surface area contributed by atoms with Crippen molar-refractivity contribution < 1.29 is 0 Å². The van der Waals surface area contributed by atoms with E-state index < -0.39 is 7.74 Å². The van der Waals surface area contributed by atoms with E-state index in [4.69, 9.17) is 0 Å². The summed E-state index contributed by atoms with van der Waals surface area (Å²) < 4.78 is 0.386. The fourth-order valence-corrected chi connectivity index (χ4v) is 12.5. The number of hydrogen-bond acceptors (Lipinski definition) is 0. The normalized spacial score (nSPS) is 11.8. The predicted octanol–water partition coefficient (Wildman–Crippen LogP) is 5.48. The molecule has 0 aliphatic rings. The summed E-state index contributed by atoms with van der Waals surface area (Å²) in [5.74, 6) is 0. The molecule has 0 heterocycles. The first-order valence-corrected chi connectivity index (χ1v) is 21.2. The van der Waals surface area contributed by atoms with Gasteiger partial charge in [-0.1, -0.05) is 0 Å². The molecule has 0 amide bonds. The van der Waals surface area contributed by atoms with Gasteiger partial charge in [-0.15, -0.1) is 0 Å². The minimum absolute atomic E-state index is 0.386. The predicted molar refractivity (Wildman–Crippen MR) is 87.3 cm³/mol. The van der Waals surface area contributed by atoms with E-state index in [9.17, 15) is 0 Å². The molecule has 0 aliphatic carbocycles. The number of benzene rings is 2. The maximum atomic E-state index is 3.84. The van der Waals surface area contributed by atoms with Gasteiger partial charge < -0.3 is 0 Å². The van der Waals surface area contributed by atoms with Gasteiger partial charge in [-0.05, 0) is 0 Å². The molecule has 0 fully saturated rings. The molecule has 2 rings (SSSR count). The molecular formula is C13H11Br3Ge. The van der Waals surface area contributed by atoms with Gasteiger partial charge in [0, 0.05) is 0 Å². The summed E-state index contributed by atoms with van der Waals surface area (Å²) in [4.78, 5) is 0. The maximum absolute atomic E-state index is 3.84. The van der Waals surface area contributed by atoms with Crippen LogP contribution >= 0.6 is 42.0 Å². The van der Waals surface area contributed by atoms with Crippen LogP contribution in [0.2, 0.25) is 0 Å². The number of halogens is 3. The van der Waals surface area contributed by atoms with Gasteiger partial charge in [0.1, 0.15) is 0 Å². The molecule has 0 aromatic heterocycles. The van der Waals surface area contributed by atoms with E-state index in [1.807, 2.05) is 0 Å². The molecule has 0 bridgehead atoms. The van der Waals surface area contributed by atoms with E-state index in [0.29, 0.717) is 4.75 Å². The molecule has 17 heavy (non-hydrogen) atoms. The van der Waals surface area contributed by atoms with E-state index in [2.05, 4.69) is 103 Å². The molecule has 0 saturated heterocycles. The van der Waals surface area contributed by atoms with Crippen LogP contribution in [-0.4, -0.2) is 7.74 Å². The van der Waals surface area contributed by atoms with Crippen molar-refractivity contribution in [1.82, 2.24) is 0 Å². The van der Waals surface area contributed by atoms with Crippen molar-refractivity contribution in [2.75, 3.05) is 0 Å². The summed E-state index contributed by atoms with van der Waals surface area (Å²) in [5, 5.41) is 0. The second kappa shape index (κ2) is 6.04. The standard InChI is InChI=1S/C13H11Br3Ge/c14-17(15,16)13(11-7-3-1-4-8-11)12-9-5-2-6-10-12/h1-10,13H. The van der Waals surface area contributed by atoms with Crippen LogP contribution in [0.3, 0.4) is 0 Å². The van der Waals surface area contributed by atoms with E-state index in [-0.39, 0.29) is 0 Å². The van der Waals surface area contributed by atoms with Crippen molar-refractivity contribution >= 4 is 49.8 Å². The van der Waals surface area contributed by atoms with Crippen LogP contribution < -0.4 is 0 Å².